The Kier molecular flexibility index (Phi) is 5.01. The molecule has 6 nitrogen and oxygen atoms in total. The first kappa shape index (κ1) is 20.4. The number of carbonyl (C=O) groups is 2. The summed E-state index contributed by atoms with van der Waals surface area (Å²) in [5.41, 5.74) is 6.94. The van der Waals surface area contributed by atoms with E-state index in [0.29, 0.717) is 49.2 Å². The van der Waals surface area contributed by atoms with Gasteiger partial charge in [-0.05, 0) is 42.3 Å². The van der Waals surface area contributed by atoms with Crippen LogP contribution in [0.2, 0.25) is 0 Å². The van der Waals surface area contributed by atoms with Gasteiger partial charge in [0.15, 0.2) is 0 Å². The van der Waals surface area contributed by atoms with Crippen LogP contribution in [-0.4, -0.2) is 48.0 Å². The van der Waals surface area contributed by atoms with Crippen molar-refractivity contribution in [3.8, 4) is 11.1 Å². The molecule has 2 aliphatic rings. The number of primary amides is 1. The van der Waals surface area contributed by atoms with E-state index >= 15 is 0 Å². The number of morpholine rings is 1. The first-order chi connectivity index (χ1) is 15.4. The topological polar surface area (TPSA) is 88.4 Å². The van der Waals surface area contributed by atoms with Gasteiger partial charge in [0.25, 0.3) is 5.91 Å². The Labute approximate surface area is 182 Å². The minimum atomic E-state index is -0.726. The summed E-state index contributed by atoms with van der Waals surface area (Å²) in [6, 6.07) is 6.56. The summed E-state index contributed by atoms with van der Waals surface area (Å²) in [4.78, 5) is 30.1. The number of aromatic amines is 1. The molecule has 2 heterocycles. The van der Waals surface area contributed by atoms with E-state index in [0.717, 1.165) is 16.6 Å². The van der Waals surface area contributed by atoms with Gasteiger partial charge in [0.05, 0.1) is 30.2 Å². The molecule has 0 bridgehead atoms. The third-order valence-electron chi connectivity index (χ3n) is 6.07. The highest BCUT2D eigenvalue weighted by molar-refractivity contribution is 6.07. The van der Waals surface area contributed by atoms with Crippen molar-refractivity contribution in [2.45, 2.75) is 6.42 Å². The summed E-state index contributed by atoms with van der Waals surface area (Å²) in [7, 11) is 0. The molecule has 2 aromatic carbocycles. The maximum Gasteiger partial charge on any atom is 0.250 e. The van der Waals surface area contributed by atoms with Crippen LogP contribution in [0.25, 0.3) is 34.2 Å². The van der Waals surface area contributed by atoms with Gasteiger partial charge in [-0.3, -0.25) is 9.59 Å². The highest BCUT2D eigenvalue weighted by Crippen LogP contribution is 2.28. The van der Waals surface area contributed by atoms with E-state index in [9.17, 15) is 18.4 Å². The average molecular weight is 437 g/mol. The highest BCUT2D eigenvalue weighted by Gasteiger charge is 2.26. The molecule has 164 valence electrons. The molecule has 3 N–H and O–H groups in total. The summed E-state index contributed by atoms with van der Waals surface area (Å²) >= 11 is 0. The predicted molar refractivity (Wildman–Crippen MR) is 116 cm³/mol. The van der Waals surface area contributed by atoms with E-state index in [-0.39, 0.29) is 23.0 Å². The Morgan fingerprint density at radius 1 is 1.12 bits per heavy atom. The van der Waals surface area contributed by atoms with Crippen molar-refractivity contribution in [3.63, 3.8) is 0 Å². The number of halogens is 2. The second-order valence-electron chi connectivity index (χ2n) is 8.04. The van der Waals surface area contributed by atoms with Gasteiger partial charge < -0.3 is 20.4 Å². The Balaban J connectivity index is 1.64. The number of nitrogens with zero attached hydrogens (tertiary/aromatic N) is 1. The largest absolute Gasteiger partial charge is 0.378 e. The molecule has 1 atom stereocenters. The number of amides is 2. The number of nitrogens with one attached hydrogen (secondary N) is 1. The molecular weight excluding hydrogens is 416 g/mol. The average Bonchev–Trinajstić information content (AvgIpc) is 3.16. The van der Waals surface area contributed by atoms with Crippen molar-refractivity contribution >= 4 is 34.9 Å². The molecule has 8 heteroatoms. The van der Waals surface area contributed by atoms with Crippen molar-refractivity contribution in [1.29, 1.82) is 0 Å². The summed E-state index contributed by atoms with van der Waals surface area (Å²) in [5.74, 6) is -2.35. The second kappa shape index (κ2) is 7.87. The lowest BCUT2D eigenvalue weighted by atomic mass is 9.95. The Morgan fingerprint density at radius 3 is 2.62 bits per heavy atom. The van der Waals surface area contributed by atoms with Crippen LogP contribution in [0.3, 0.4) is 0 Å². The number of hydrogen-bond donors (Lipinski definition) is 2. The van der Waals surface area contributed by atoms with E-state index in [2.05, 4.69) is 4.98 Å². The third-order valence-corrected chi connectivity index (χ3v) is 6.07. The molecule has 1 unspecified atom stereocenters. The molecular formula is C24H21F2N3O3. The van der Waals surface area contributed by atoms with Crippen LogP contribution in [0.1, 0.15) is 16.8 Å². The zero-order chi connectivity index (χ0) is 22.4. The van der Waals surface area contributed by atoms with E-state index in [1.54, 1.807) is 11.0 Å². The minimum Gasteiger partial charge on any atom is -0.378 e. The van der Waals surface area contributed by atoms with Crippen LogP contribution in [0, 0.1) is 17.6 Å². The Morgan fingerprint density at radius 2 is 1.91 bits per heavy atom. The number of H-pyrrole nitrogens is 1. The summed E-state index contributed by atoms with van der Waals surface area (Å²) < 4.78 is 33.1. The highest BCUT2D eigenvalue weighted by atomic mass is 19.1. The summed E-state index contributed by atoms with van der Waals surface area (Å²) in [6.07, 6.45) is 4.33. The molecule has 32 heavy (non-hydrogen) atoms. The maximum absolute atomic E-state index is 14.4. The second-order valence-corrected chi connectivity index (χ2v) is 8.04. The number of fused-ring (bicyclic) bond motifs is 3. The molecule has 0 radical (unpaired) electrons. The molecule has 1 saturated heterocycles. The van der Waals surface area contributed by atoms with Crippen LogP contribution in [0.4, 0.5) is 8.78 Å². The van der Waals surface area contributed by atoms with Crippen LogP contribution in [0.5, 0.6) is 0 Å². The lowest BCUT2D eigenvalue weighted by Crippen LogP contribution is -2.44. The zero-order valence-electron chi connectivity index (χ0n) is 17.2. The lowest BCUT2D eigenvalue weighted by molar-refractivity contribution is -0.137. The molecule has 5 rings (SSSR count). The van der Waals surface area contributed by atoms with Gasteiger partial charge in [0.2, 0.25) is 5.91 Å². The van der Waals surface area contributed by atoms with Gasteiger partial charge in [0.1, 0.15) is 11.6 Å². The van der Waals surface area contributed by atoms with Crippen molar-refractivity contribution in [2.75, 3.05) is 26.3 Å². The fourth-order valence-corrected chi connectivity index (χ4v) is 4.47. The fraction of sp³-hybridized carbons (Fsp3) is 0.250. The van der Waals surface area contributed by atoms with Crippen LogP contribution in [-0.2, 0) is 9.53 Å². The number of rotatable bonds is 3. The molecule has 3 aromatic rings. The molecule has 1 aliphatic carbocycles. The van der Waals surface area contributed by atoms with E-state index < -0.39 is 17.5 Å². The van der Waals surface area contributed by atoms with Crippen LogP contribution in [0.15, 0.2) is 30.3 Å². The predicted octanol–water partition coefficient (Wildman–Crippen LogP) is 1.65. The number of benzene rings is 2. The van der Waals surface area contributed by atoms with Gasteiger partial charge in [-0.2, -0.15) is 0 Å². The monoisotopic (exact) mass is 437 g/mol. The van der Waals surface area contributed by atoms with Gasteiger partial charge in [-0.15, -0.1) is 0 Å². The fourth-order valence-electron chi connectivity index (χ4n) is 4.47. The number of hydrogen-bond acceptors (Lipinski definition) is 3. The van der Waals surface area contributed by atoms with Crippen molar-refractivity contribution in [2.24, 2.45) is 11.7 Å². The van der Waals surface area contributed by atoms with Crippen molar-refractivity contribution in [1.82, 2.24) is 9.88 Å². The Bertz CT molecular complexity index is 1370. The number of nitrogens with two attached hydrogens (primary N) is 1. The molecule has 0 saturated carbocycles. The first-order valence-corrected chi connectivity index (χ1v) is 10.4. The van der Waals surface area contributed by atoms with Gasteiger partial charge >= 0.3 is 0 Å². The summed E-state index contributed by atoms with van der Waals surface area (Å²) in [5, 5.41) is 2.25. The normalized spacial score (nSPS) is 18.1. The zero-order valence-corrected chi connectivity index (χ0v) is 17.2. The molecule has 1 fully saturated rings. The molecule has 1 aromatic heterocycles. The smallest absolute Gasteiger partial charge is 0.250 e. The maximum atomic E-state index is 14.4. The lowest BCUT2D eigenvalue weighted by Gasteiger charge is -2.29. The van der Waals surface area contributed by atoms with Gasteiger partial charge in [-0.1, -0.05) is 6.08 Å². The van der Waals surface area contributed by atoms with E-state index in [1.807, 2.05) is 12.2 Å². The standard InChI is InChI=1S/C24H21F2N3O3/c25-15-2-4-16(20(26)12-15)14-9-18-17-3-1-13(24(31)29-5-7-32-8-6-29)11-21(17)28-22(18)19(10-14)23(27)30/h2-4,9-13,28H,1,5-8H2,(H2,27,30). The quantitative estimate of drug-likeness (QED) is 0.653. The van der Waals surface area contributed by atoms with Gasteiger partial charge in [-0.25, -0.2) is 8.78 Å². The van der Waals surface area contributed by atoms with E-state index in [1.165, 1.54) is 18.2 Å². The minimum absolute atomic E-state index is 0.0399. The molecule has 1 aliphatic heterocycles. The van der Waals surface area contributed by atoms with Crippen LogP contribution < -0.4 is 16.3 Å². The number of aromatic nitrogens is 1. The first-order valence-electron chi connectivity index (χ1n) is 10.4. The van der Waals surface area contributed by atoms with Crippen molar-refractivity contribution < 1.29 is 23.1 Å². The van der Waals surface area contributed by atoms with Crippen LogP contribution >= 0.6 is 0 Å². The SMILES string of the molecule is NC(=O)c1cc(-c2ccc(F)cc2F)cc2c3c([nH]c12)=CC(C(=O)N1CCOCC1)CC=3. The third kappa shape index (κ3) is 3.46. The van der Waals surface area contributed by atoms with Crippen molar-refractivity contribution in [3.05, 3.63) is 58.1 Å². The Hall–Kier alpha value is -3.52. The molecule has 2 amide bonds. The molecule has 0 spiro atoms. The van der Waals surface area contributed by atoms with Gasteiger partial charge in [0, 0.05) is 40.7 Å². The summed E-state index contributed by atoms with van der Waals surface area (Å²) in [6.45, 7) is 2.21. The number of carbonyl (C=O) groups excluding carboxylic acids is 2. The number of ether oxygens (including phenoxy) is 1. The van der Waals surface area contributed by atoms with E-state index in [4.69, 9.17) is 10.5 Å².